The van der Waals surface area contributed by atoms with Crippen LogP contribution in [-0.4, -0.2) is 5.91 Å². The normalized spacial score (nSPS) is 18.6. The van der Waals surface area contributed by atoms with Gasteiger partial charge in [-0.15, -0.1) is 0 Å². The average molecular weight is 258 g/mol. The van der Waals surface area contributed by atoms with Crippen molar-refractivity contribution in [3.63, 3.8) is 0 Å². The van der Waals surface area contributed by atoms with Gasteiger partial charge >= 0.3 is 0 Å². The molecule has 0 saturated heterocycles. The van der Waals surface area contributed by atoms with Crippen LogP contribution in [0.1, 0.15) is 19.4 Å². The van der Waals surface area contributed by atoms with Gasteiger partial charge in [0.25, 0.3) is 0 Å². The number of para-hydroxylation sites is 1. The van der Waals surface area contributed by atoms with E-state index in [-0.39, 0.29) is 11.7 Å². The highest BCUT2D eigenvalue weighted by atomic mass is 79.9. The van der Waals surface area contributed by atoms with Crippen LogP contribution in [0.3, 0.4) is 0 Å². The fraction of sp³-hybridized carbons (Fsp3) is 0.300. The first-order chi connectivity index (χ1) is 6.46. The number of hydrogen-bond acceptors (Lipinski definition) is 1. The first kappa shape index (κ1) is 9.65. The summed E-state index contributed by atoms with van der Waals surface area (Å²) >= 11 is 3.07. The minimum atomic E-state index is -0.652. The zero-order valence-corrected chi connectivity index (χ0v) is 9.43. The van der Waals surface area contributed by atoms with Crippen molar-refractivity contribution in [2.75, 3.05) is 3.93 Å². The van der Waals surface area contributed by atoms with Crippen molar-refractivity contribution in [1.82, 2.24) is 0 Å². The fourth-order valence-electron chi connectivity index (χ4n) is 1.68. The Morgan fingerprint density at radius 2 is 2.07 bits per heavy atom. The Kier molecular flexibility index (Phi) is 1.93. The maximum atomic E-state index is 13.4. The number of amides is 1. The molecule has 0 aromatic heterocycles. The quantitative estimate of drug-likeness (QED) is 0.655. The summed E-state index contributed by atoms with van der Waals surface area (Å²) < 4.78 is 14.6. The van der Waals surface area contributed by atoms with E-state index in [0.717, 1.165) is 5.56 Å². The van der Waals surface area contributed by atoms with Gasteiger partial charge in [0.1, 0.15) is 5.82 Å². The Labute approximate surface area is 90.0 Å². The van der Waals surface area contributed by atoms with Gasteiger partial charge in [-0.05, 0) is 25.5 Å². The molecule has 0 spiro atoms. The highest BCUT2D eigenvalue weighted by Gasteiger charge is 2.44. The monoisotopic (exact) mass is 257 g/mol. The maximum absolute atomic E-state index is 13.4. The third-order valence-electron chi connectivity index (χ3n) is 2.57. The number of anilines is 1. The Bertz CT molecular complexity index is 417. The van der Waals surface area contributed by atoms with Gasteiger partial charge in [-0.3, -0.25) is 4.79 Å². The number of benzene rings is 1. The van der Waals surface area contributed by atoms with Crippen molar-refractivity contribution in [3.05, 3.63) is 29.6 Å². The van der Waals surface area contributed by atoms with Gasteiger partial charge in [-0.25, -0.2) is 8.32 Å². The molecule has 14 heavy (non-hydrogen) atoms. The van der Waals surface area contributed by atoms with E-state index in [1.54, 1.807) is 26.0 Å². The second-order valence-electron chi connectivity index (χ2n) is 3.85. The standard InChI is InChI=1S/C10H9BrFNO/c1-10(2)6-4-3-5-7(12)8(6)13(11)9(10)14/h3-5H,1-2H3. The fourth-order valence-corrected chi connectivity index (χ4v) is 2.49. The minimum absolute atomic E-state index is 0.141. The Balaban J connectivity index is 2.74. The van der Waals surface area contributed by atoms with E-state index in [4.69, 9.17) is 0 Å². The van der Waals surface area contributed by atoms with E-state index >= 15 is 0 Å². The lowest BCUT2D eigenvalue weighted by atomic mass is 9.86. The van der Waals surface area contributed by atoms with E-state index in [1.807, 2.05) is 0 Å². The number of halogens is 2. The molecule has 1 heterocycles. The summed E-state index contributed by atoms with van der Waals surface area (Å²) in [5, 5.41) is 0. The molecule has 1 aromatic carbocycles. The molecular weight excluding hydrogens is 249 g/mol. The average Bonchev–Trinajstić information content (AvgIpc) is 2.30. The molecule has 4 heteroatoms. The summed E-state index contributed by atoms with van der Waals surface area (Å²) in [6.45, 7) is 3.57. The second-order valence-corrected chi connectivity index (χ2v) is 4.56. The minimum Gasteiger partial charge on any atom is -0.273 e. The number of fused-ring (bicyclic) bond motifs is 1. The van der Waals surface area contributed by atoms with E-state index in [2.05, 4.69) is 16.1 Å². The van der Waals surface area contributed by atoms with Crippen LogP contribution in [0, 0.1) is 5.82 Å². The van der Waals surface area contributed by atoms with E-state index < -0.39 is 5.41 Å². The number of rotatable bonds is 0. The molecule has 0 fully saturated rings. The van der Waals surface area contributed by atoms with Gasteiger partial charge < -0.3 is 0 Å². The molecule has 0 aliphatic carbocycles. The lowest BCUT2D eigenvalue weighted by Gasteiger charge is -2.15. The van der Waals surface area contributed by atoms with Gasteiger partial charge in [0.2, 0.25) is 5.91 Å². The van der Waals surface area contributed by atoms with Crippen molar-refractivity contribution in [1.29, 1.82) is 0 Å². The summed E-state index contributed by atoms with van der Waals surface area (Å²) in [4.78, 5) is 11.7. The second kappa shape index (κ2) is 2.79. The highest BCUT2D eigenvalue weighted by molar-refractivity contribution is 9.10. The molecule has 2 rings (SSSR count). The van der Waals surface area contributed by atoms with Crippen LogP contribution in [0.15, 0.2) is 18.2 Å². The summed E-state index contributed by atoms with van der Waals surface area (Å²) in [5.74, 6) is -0.518. The first-order valence-electron chi connectivity index (χ1n) is 4.25. The van der Waals surface area contributed by atoms with Crippen molar-refractivity contribution in [2.24, 2.45) is 0 Å². The van der Waals surface area contributed by atoms with Gasteiger partial charge in [0.05, 0.1) is 27.2 Å². The number of carbonyl (C=O) groups excluding carboxylic acids is 1. The van der Waals surface area contributed by atoms with E-state index in [9.17, 15) is 9.18 Å². The molecule has 74 valence electrons. The van der Waals surface area contributed by atoms with Crippen LogP contribution in [0.2, 0.25) is 0 Å². The SMILES string of the molecule is CC1(C)C(=O)N(Br)c2c(F)cccc21. The third-order valence-corrected chi connectivity index (χ3v) is 3.25. The van der Waals surface area contributed by atoms with Crippen molar-refractivity contribution >= 4 is 27.7 Å². The lowest BCUT2D eigenvalue weighted by molar-refractivity contribution is -0.120. The Morgan fingerprint density at radius 3 is 2.64 bits per heavy atom. The molecule has 1 aliphatic heterocycles. The lowest BCUT2D eigenvalue weighted by Crippen LogP contribution is -2.30. The van der Waals surface area contributed by atoms with Gasteiger partial charge in [0, 0.05) is 0 Å². The van der Waals surface area contributed by atoms with Gasteiger partial charge in [0.15, 0.2) is 0 Å². The van der Waals surface area contributed by atoms with Crippen LogP contribution >= 0.6 is 16.1 Å². The highest BCUT2D eigenvalue weighted by Crippen LogP contribution is 2.44. The van der Waals surface area contributed by atoms with Crippen molar-refractivity contribution < 1.29 is 9.18 Å². The maximum Gasteiger partial charge on any atom is 0.247 e. The molecule has 2 nitrogen and oxygen atoms in total. The van der Waals surface area contributed by atoms with E-state index in [0.29, 0.717) is 5.69 Å². The third kappa shape index (κ3) is 1.03. The van der Waals surface area contributed by atoms with Gasteiger partial charge in [-0.2, -0.15) is 0 Å². The first-order valence-corrected chi connectivity index (χ1v) is 4.96. The van der Waals surface area contributed by atoms with Crippen LogP contribution in [0.25, 0.3) is 0 Å². The molecule has 0 unspecified atom stereocenters. The van der Waals surface area contributed by atoms with Gasteiger partial charge in [-0.1, -0.05) is 12.1 Å². The Hall–Kier alpha value is -0.900. The molecule has 1 aliphatic rings. The molecule has 0 saturated carbocycles. The Morgan fingerprint density at radius 1 is 1.43 bits per heavy atom. The molecular formula is C10H9BrFNO. The molecule has 1 aromatic rings. The van der Waals surface area contributed by atoms with E-state index in [1.165, 1.54) is 9.99 Å². The zero-order valence-electron chi connectivity index (χ0n) is 7.84. The topological polar surface area (TPSA) is 20.3 Å². The molecule has 0 bridgehead atoms. The summed E-state index contributed by atoms with van der Waals surface area (Å²) in [6.07, 6.45) is 0. The zero-order chi connectivity index (χ0) is 10.5. The van der Waals surface area contributed by atoms with Crippen LogP contribution in [0.4, 0.5) is 10.1 Å². The number of hydrogen-bond donors (Lipinski definition) is 0. The van der Waals surface area contributed by atoms with Crippen LogP contribution < -0.4 is 3.93 Å². The predicted octanol–water partition coefficient (Wildman–Crippen LogP) is 2.76. The molecule has 0 radical (unpaired) electrons. The van der Waals surface area contributed by atoms with Crippen molar-refractivity contribution in [3.8, 4) is 0 Å². The summed E-state index contributed by atoms with van der Waals surface area (Å²) in [5.41, 5.74) is 0.405. The molecule has 1 amide bonds. The summed E-state index contributed by atoms with van der Waals surface area (Å²) in [7, 11) is 0. The largest absolute Gasteiger partial charge is 0.273 e. The predicted molar refractivity (Wildman–Crippen MR) is 55.8 cm³/mol. The number of nitrogens with zero attached hydrogens (tertiary/aromatic N) is 1. The molecule has 0 atom stereocenters. The smallest absolute Gasteiger partial charge is 0.247 e. The molecule has 0 N–H and O–H groups in total. The van der Waals surface area contributed by atoms with Crippen molar-refractivity contribution in [2.45, 2.75) is 19.3 Å². The number of carbonyl (C=O) groups is 1. The summed E-state index contributed by atoms with van der Waals surface area (Å²) in [6, 6.07) is 4.74. The van der Waals surface area contributed by atoms with Crippen LogP contribution in [0.5, 0.6) is 0 Å². The van der Waals surface area contributed by atoms with Crippen LogP contribution in [-0.2, 0) is 10.2 Å².